The lowest BCUT2D eigenvalue weighted by molar-refractivity contribution is 0.0876. The van der Waals surface area contributed by atoms with Gasteiger partial charge in [0, 0.05) is 10.8 Å². The minimum absolute atomic E-state index is 0.128. The lowest BCUT2D eigenvalue weighted by atomic mass is 9.82. The molecule has 0 unspecified atom stereocenters. The van der Waals surface area contributed by atoms with Crippen molar-refractivity contribution in [1.82, 2.24) is 0 Å². The molecule has 0 saturated heterocycles. The maximum absolute atomic E-state index is 9.99. The van der Waals surface area contributed by atoms with Crippen molar-refractivity contribution in [3.8, 4) is 0 Å². The Morgan fingerprint density at radius 2 is 1.94 bits per heavy atom. The van der Waals surface area contributed by atoms with Crippen molar-refractivity contribution < 1.29 is 5.11 Å². The third-order valence-electron chi connectivity index (χ3n) is 3.44. The van der Waals surface area contributed by atoms with Gasteiger partial charge < -0.3 is 5.11 Å². The molecule has 0 aromatic heterocycles. The largest absolute Gasteiger partial charge is 0.393 e. The molecule has 92 valence electrons. The quantitative estimate of drug-likeness (QED) is 0.808. The molecule has 2 heteroatoms. The van der Waals surface area contributed by atoms with Crippen molar-refractivity contribution in [3.63, 3.8) is 0 Å². The third-order valence-corrected chi connectivity index (χ3v) is 4.47. The highest BCUT2D eigenvalue weighted by atomic mass is 32.2. The molecule has 0 amide bonds. The molecule has 17 heavy (non-hydrogen) atoms. The standard InChI is InChI=1S/C15H20OS/c1-12(14-9-5-6-10-15(14)16)11-17-13-7-3-2-4-8-13/h2-4,7-8,11,14-16H,5-6,9-10H2,1H3/b12-11-/t14-,15+/m1/s1. The average Bonchev–Trinajstić information content (AvgIpc) is 2.38. The summed E-state index contributed by atoms with van der Waals surface area (Å²) in [6.07, 6.45) is 4.40. The van der Waals surface area contributed by atoms with E-state index in [0.717, 1.165) is 12.8 Å². The van der Waals surface area contributed by atoms with Crippen LogP contribution >= 0.6 is 11.8 Å². The van der Waals surface area contributed by atoms with Crippen LogP contribution in [-0.4, -0.2) is 11.2 Å². The summed E-state index contributed by atoms with van der Waals surface area (Å²) >= 11 is 1.75. The predicted molar refractivity (Wildman–Crippen MR) is 74.0 cm³/mol. The van der Waals surface area contributed by atoms with Crippen molar-refractivity contribution in [3.05, 3.63) is 41.3 Å². The second-order valence-corrected chi connectivity index (χ2v) is 5.69. The topological polar surface area (TPSA) is 20.2 Å². The van der Waals surface area contributed by atoms with E-state index in [0.29, 0.717) is 5.92 Å². The summed E-state index contributed by atoms with van der Waals surface area (Å²) in [5.74, 6) is 0.375. The van der Waals surface area contributed by atoms with Gasteiger partial charge in [-0.2, -0.15) is 0 Å². The third kappa shape index (κ3) is 3.62. The van der Waals surface area contributed by atoms with Crippen LogP contribution in [0.15, 0.2) is 46.2 Å². The molecule has 1 aromatic rings. The van der Waals surface area contributed by atoms with Crippen LogP contribution in [0.2, 0.25) is 0 Å². The molecule has 1 N–H and O–H groups in total. The van der Waals surface area contributed by atoms with E-state index in [2.05, 4.69) is 36.6 Å². The van der Waals surface area contributed by atoms with Gasteiger partial charge in [0.1, 0.15) is 0 Å². The summed E-state index contributed by atoms with van der Waals surface area (Å²) in [5, 5.41) is 12.2. The molecule has 0 radical (unpaired) electrons. The zero-order chi connectivity index (χ0) is 12.1. The average molecular weight is 248 g/mol. The zero-order valence-electron chi connectivity index (χ0n) is 10.3. The molecule has 1 aliphatic rings. The first kappa shape index (κ1) is 12.7. The predicted octanol–water partition coefficient (Wildman–Crippen LogP) is 4.23. The Bertz CT molecular complexity index is 372. The van der Waals surface area contributed by atoms with Crippen LogP contribution in [0.3, 0.4) is 0 Å². The van der Waals surface area contributed by atoms with Gasteiger partial charge in [0.05, 0.1) is 6.10 Å². The normalized spacial score (nSPS) is 25.9. The van der Waals surface area contributed by atoms with Crippen LogP contribution in [-0.2, 0) is 0 Å². The molecule has 1 aliphatic carbocycles. The second kappa shape index (κ2) is 6.27. The number of aliphatic hydroxyl groups excluding tert-OH is 1. The molecule has 0 aliphatic heterocycles. The summed E-state index contributed by atoms with van der Waals surface area (Å²) in [7, 11) is 0. The highest BCUT2D eigenvalue weighted by Crippen LogP contribution is 2.32. The molecule has 0 heterocycles. The van der Waals surface area contributed by atoms with Gasteiger partial charge in [0.25, 0.3) is 0 Å². The van der Waals surface area contributed by atoms with E-state index in [-0.39, 0.29) is 6.10 Å². The Balaban J connectivity index is 1.96. The lowest BCUT2D eigenvalue weighted by Crippen LogP contribution is -2.25. The zero-order valence-corrected chi connectivity index (χ0v) is 11.1. The van der Waals surface area contributed by atoms with Crippen LogP contribution in [0.5, 0.6) is 0 Å². The fourth-order valence-corrected chi connectivity index (χ4v) is 3.20. The van der Waals surface area contributed by atoms with Gasteiger partial charge in [0.15, 0.2) is 0 Å². The van der Waals surface area contributed by atoms with Crippen LogP contribution < -0.4 is 0 Å². The van der Waals surface area contributed by atoms with Crippen molar-refractivity contribution in [2.24, 2.45) is 5.92 Å². The summed E-state index contributed by atoms with van der Waals surface area (Å²) in [5.41, 5.74) is 1.33. The van der Waals surface area contributed by atoms with E-state index >= 15 is 0 Å². The minimum atomic E-state index is -0.128. The van der Waals surface area contributed by atoms with Gasteiger partial charge in [-0.15, -0.1) is 0 Å². The van der Waals surface area contributed by atoms with Crippen LogP contribution in [0.4, 0.5) is 0 Å². The minimum Gasteiger partial charge on any atom is -0.393 e. The Morgan fingerprint density at radius 1 is 1.24 bits per heavy atom. The molecular weight excluding hydrogens is 228 g/mol. The number of rotatable bonds is 3. The van der Waals surface area contributed by atoms with Crippen molar-refractivity contribution in [2.45, 2.75) is 43.6 Å². The molecule has 1 fully saturated rings. The molecule has 0 spiro atoms. The van der Waals surface area contributed by atoms with Gasteiger partial charge in [-0.25, -0.2) is 0 Å². The molecule has 2 rings (SSSR count). The molecule has 2 atom stereocenters. The first-order valence-corrected chi connectivity index (χ1v) is 7.22. The summed E-state index contributed by atoms with van der Waals surface area (Å²) < 4.78 is 0. The first-order chi connectivity index (χ1) is 8.27. The molecule has 1 aromatic carbocycles. The van der Waals surface area contributed by atoms with Crippen molar-refractivity contribution in [2.75, 3.05) is 0 Å². The Morgan fingerprint density at radius 3 is 2.65 bits per heavy atom. The molecule has 1 saturated carbocycles. The van der Waals surface area contributed by atoms with Gasteiger partial charge in [0.2, 0.25) is 0 Å². The van der Waals surface area contributed by atoms with E-state index in [1.165, 1.54) is 23.3 Å². The second-order valence-electron chi connectivity index (χ2n) is 4.75. The van der Waals surface area contributed by atoms with Crippen molar-refractivity contribution >= 4 is 11.8 Å². The number of hydrogen-bond donors (Lipinski definition) is 1. The van der Waals surface area contributed by atoms with Gasteiger partial charge in [-0.05, 0) is 37.3 Å². The number of hydrogen-bond acceptors (Lipinski definition) is 2. The highest BCUT2D eigenvalue weighted by Gasteiger charge is 2.23. The number of aliphatic hydroxyl groups is 1. The van der Waals surface area contributed by atoms with Gasteiger partial charge >= 0.3 is 0 Å². The molecule has 1 nitrogen and oxygen atoms in total. The van der Waals surface area contributed by atoms with E-state index in [9.17, 15) is 5.11 Å². The van der Waals surface area contributed by atoms with E-state index in [4.69, 9.17) is 0 Å². The first-order valence-electron chi connectivity index (χ1n) is 6.34. The Kier molecular flexibility index (Phi) is 4.69. The Labute approximate surface area is 108 Å². The lowest BCUT2D eigenvalue weighted by Gasteiger charge is -2.28. The van der Waals surface area contributed by atoms with Crippen molar-refractivity contribution in [1.29, 1.82) is 0 Å². The van der Waals surface area contributed by atoms with Crippen LogP contribution in [0, 0.1) is 5.92 Å². The van der Waals surface area contributed by atoms with Gasteiger partial charge in [-0.1, -0.05) is 48.4 Å². The van der Waals surface area contributed by atoms with Gasteiger partial charge in [-0.3, -0.25) is 0 Å². The number of thioether (sulfide) groups is 1. The fourth-order valence-electron chi connectivity index (χ4n) is 2.39. The SMILES string of the molecule is C/C(=C/Sc1ccccc1)[C@H]1CCCC[C@@H]1O. The monoisotopic (exact) mass is 248 g/mol. The Hall–Kier alpha value is -0.730. The summed E-state index contributed by atoms with van der Waals surface area (Å²) in [4.78, 5) is 1.26. The maximum Gasteiger partial charge on any atom is 0.0605 e. The van der Waals surface area contributed by atoms with Crippen LogP contribution in [0.1, 0.15) is 32.6 Å². The fraction of sp³-hybridized carbons (Fsp3) is 0.467. The van der Waals surface area contributed by atoms with E-state index in [1.807, 2.05) is 6.07 Å². The number of benzene rings is 1. The highest BCUT2D eigenvalue weighted by molar-refractivity contribution is 8.02. The summed E-state index contributed by atoms with van der Waals surface area (Å²) in [6.45, 7) is 2.15. The van der Waals surface area contributed by atoms with E-state index < -0.39 is 0 Å². The molecule has 0 bridgehead atoms. The summed E-state index contributed by atoms with van der Waals surface area (Å²) in [6, 6.07) is 10.4. The molecular formula is C15H20OS. The van der Waals surface area contributed by atoms with E-state index in [1.54, 1.807) is 11.8 Å². The maximum atomic E-state index is 9.99. The smallest absolute Gasteiger partial charge is 0.0605 e. The van der Waals surface area contributed by atoms with Crippen LogP contribution in [0.25, 0.3) is 0 Å².